The van der Waals surface area contributed by atoms with Crippen molar-refractivity contribution in [3.8, 4) is 5.75 Å². The number of allylic oxidation sites excluding steroid dienone is 1. The highest BCUT2D eigenvalue weighted by atomic mass is 19.2. The molecule has 1 saturated heterocycles. The summed E-state index contributed by atoms with van der Waals surface area (Å²) in [5, 5.41) is 0. The molecule has 0 N–H and O–H groups in total. The number of halogens is 2. The maximum absolute atomic E-state index is 14.7. The molecule has 2 aliphatic carbocycles. The van der Waals surface area contributed by atoms with Gasteiger partial charge in [0.1, 0.15) is 0 Å². The van der Waals surface area contributed by atoms with Gasteiger partial charge in [-0.2, -0.15) is 4.39 Å². The van der Waals surface area contributed by atoms with Crippen LogP contribution in [0, 0.1) is 35.3 Å². The summed E-state index contributed by atoms with van der Waals surface area (Å²) in [5.74, 6) is 1.81. The van der Waals surface area contributed by atoms with E-state index in [1.807, 2.05) is 6.92 Å². The molecular weight excluding hydrogens is 418 g/mol. The molecule has 33 heavy (non-hydrogen) atoms. The third-order valence-electron chi connectivity index (χ3n) is 8.65. The molecule has 184 valence electrons. The fourth-order valence-electron chi connectivity index (χ4n) is 6.71. The monoisotopic (exact) mass is 460 g/mol. The first-order valence-corrected chi connectivity index (χ1v) is 13.5. The number of ether oxygens (including phenoxy) is 2. The minimum absolute atomic E-state index is 0.0456. The lowest BCUT2D eigenvalue weighted by atomic mass is 9.66. The van der Waals surface area contributed by atoms with Crippen LogP contribution in [0.25, 0.3) is 0 Å². The normalized spacial score (nSPS) is 33.3. The predicted octanol–water partition coefficient (Wildman–Crippen LogP) is 8.21. The second kappa shape index (κ2) is 11.8. The van der Waals surface area contributed by atoms with Crippen molar-refractivity contribution in [3.05, 3.63) is 41.5 Å². The molecule has 4 rings (SSSR count). The van der Waals surface area contributed by atoms with Crippen molar-refractivity contribution in [1.29, 1.82) is 0 Å². The van der Waals surface area contributed by atoms with Gasteiger partial charge in [0.25, 0.3) is 0 Å². The van der Waals surface area contributed by atoms with E-state index in [-0.39, 0.29) is 11.7 Å². The van der Waals surface area contributed by atoms with E-state index in [4.69, 9.17) is 9.47 Å². The number of hydrogen-bond acceptors (Lipinski definition) is 2. The first-order chi connectivity index (χ1) is 16.1. The van der Waals surface area contributed by atoms with Crippen molar-refractivity contribution < 1.29 is 18.3 Å². The molecule has 2 unspecified atom stereocenters. The second-order valence-corrected chi connectivity index (χ2v) is 10.7. The van der Waals surface area contributed by atoms with Crippen LogP contribution < -0.4 is 4.74 Å². The Morgan fingerprint density at radius 3 is 2.03 bits per heavy atom. The van der Waals surface area contributed by atoms with Gasteiger partial charge in [0, 0.05) is 0 Å². The Hall–Kier alpha value is -1.42. The largest absolute Gasteiger partial charge is 0.490 e. The van der Waals surface area contributed by atoms with E-state index in [9.17, 15) is 8.78 Å². The topological polar surface area (TPSA) is 18.5 Å². The van der Waals surface area contributed by atoms with E-state index < -0.39 is 11.6 Å². The van der Waals surface area contributed by atoms with Crippen LogP contribution in [0.15, 0.2) is 24.3 Å². The van der Waals surface area contributed by atoms with Gasteiger partial charge >= 0.3 is 0 Å². The highest BCUT2D eigenvalue weighted by Gasteiger charge is 2.35. The molecular formula is C29H42F2O2. The summed E-state index contributed by atoms with van der Waals surface area (Å²) >= 11 is 0. The maximum Gasteiger partial charge on any atom is 0.200 e. The van der Waals surface area contributed by atoms with Crippen LogP contribution in [0.4, 0.5) is 8.78 Å². The number of rotatable bonds is 7. The van der Waals surface area contributed by atoms with Crippen molar-refractivity contribution in [2.45, 2.75) is 96.5 Å². The lowest BCUT2D eigenvalue weighted by Crippen LogP contribution is -2.33. The summed E-state index contributed by atoms with van der Waals surface area (Å²) in [6, 6.07) is 3.37. The molecule has 0 aromatic heterocycles. The highest BCUT2D eigenvalue weighted by molar-refractivity contribution is 5.33. The van der Waals surface area contributed by atoms with Gasteiger partial charge < -0.3 is 9.47 Å². The Kier molecular flexibility index (Phi) is 8.85. The Bertz CT molecular complexity index is 768. The van der Waals surface area contributed by atoms with Crippen molar-refractivity contribution in [1.82, 2.24) is 0 Å². The Morgan fingerprint density at radius 2 is 1.45 bits per heavy atom. The van der Waals surface area contributed by atoms with Crippen molar-refractivity contribution in [2.75, 3.05) is 13.2 Å². The van der Waals surface area contributed by atoms with Gasteiger partial charge in [-0.15, -0.1) is 0 Å². The Labute approximate surface area is 199 Å². The number of benzene rings is 1. The molecule has 1 aromatic rings. The molecule has 4 heteroatoms. The van der Waals surface area contributed by atoms with Crippen molar-refractivity contribution >= 4 is 0 Å². The molecule has 0 amide bonds. The summed E-state index contributed by atoms with van der Waals surface area (Å²) in [6.07, 6.45) is 17.5. The van der Waals surface area contributed by atoms with Crippen molar-refractivity contribution in [3.63, 3.8) is 0 Å². The van der Waals surface area contributed by atoms with Gasteiger partial charge in [0.05, 0.1) is 19.3 Å². The lowest BCUT2D eigenvalue weighted by molar-refractivity contribution is -0.0190. The molecule has 2 atom stereocenters. The molecule has 3 fully saturated rings. The Balaban J connectivity index is 1.24. The van der Waals surface area contributed by atoms with Gasteiger partial charge in [-0.05, 0) is 119 Å². The zero-order chi connectivity index (χ0) is 23.2. The van der Waals surface area contributed by atoms with Crippen LogP contribution in [0.1, 0.15) is 96.0 Å². The Morgan fingerprint density at radius 1 is 0.848 bits per heavy atom. The molecule has 2 nitrogen and oxygen atoms in total. The molecule has 0 radical (unpaired) electrons. The van der Waals surface area contributed by atoms with Gasteiger partial charge in [-0.1, -0.05) is 25.1 Å². The molecule has 0 spiro atoms. The molecule has 3 aliphatic rings. The van der Waals surface area contributed by atoms with E-state index in [0.29, 0.717) is 18.3 Å². The first kappa shape index (κ1) is 24.7. The highest BCUT2D eigenvalue weighted by Crippen LogP contribution is 2.46. The fourth-order valence-corrected chi connectivity index (χ4v) is 6.71. The van der Waals surface area contributed by atoms with Crippen LogP contribution in [0.2, 0.25) is 0 Å². The number of hydrogen-bond donors (Lipinski definition) is 0. The van der Waals surface area contributed by atoms with Gasteiger partial charge in [0.2, 0.25) is 5.82 Å². The standard InChI is InChI=1S/C29H42F2O2/c1-3-5-25-15-14-24(19-33-25)22-8-6-20(7-9-22)21-10-12-23(13-11-21)26-16-17-27(32-18-4-2)29(31)28(26)30/h3,5,16-17,20-25H,4,6-15,18-19H2,1-2H3/b5-3+. The van der Waals surface area contributed by atoms with Gasteiger partial charge in [-0.25, -0.2) is 4.39 Å². The molecule has 0 bridgehead atoms. The first-order valence-electron chi connectivity index (χ1n) is 13.5. The smallest absolute Gasteiger partial charge is 0.200 e. The summed E-state index contributed by atoms with van der Waals surface area (Å²) in [5.41, 5.74) is 0.548. The SMILES string of the molecule is C/C=C/C1CCC(C2CCC(C3CCC(c4ccc(OCCC)c(F)c4F)CC3)CC2)CO1. The molecule has 1 aromatic carbocycles. The van der Waals surface area contributed by atoms with Crippen LogP contribution in [0.3, 0.4) is 0 Å². The molecule has 1 aliphatic heterocycles. The van der Waals surface area contributed by atoms with E-state index in [1.54, 1.807) is 12.1 Å². The third-order valence-corrected chi connectivity index (χ3v) is 8.65. The summed E-state index contributed by atoms with van der Waals surface area (Å²) in [7, 11) is 0. The fraction of sp³-hybridized carbons (Fsp3) is 0.724. The van der Waals surface area contributed by atoms with E-state index in [2.05, 4.69) is 19.1 Å². The third kappa shape index (κ3) is 5.99. The average Bonchev–Trinajstić information content (AvgIpc) is 2.86. The lowest BCUT2D eigenvalue weighted by Gasteiger charge is -2.41. The van der Waals surface area contributed by atoms with Gasteiger partial charge in [-0.3, -0.25) is 0 Å². The average molecular weight is 461 g/mol. The minimum Gasteiger partial charge on any atom is -0.490 e. The summed E-state index contributed by atoms with van der Waals surface area (Å²) in [6.45, 7) is 5.37. The van der Waals surface area contributed by atoms with Crippen LogP contribution in [0.5, 0.6) is 5.75 Å². The predicted molar refractivity (Wildman–Crippen MR) is 130 cm³/mol. The van der Waals surface area contributed by atoms with E-state index in [0.717, 1.165) is 62.4 Å². The van der Waals surface area contributed by atoms with E-state index >= 15 is 0 Å². The summed E-state index contributed by atoms with van der Waals surface area (Å²) in [4.78, 5) is 0. The second-order valence-electron chi connectivity index (χ2n) is 10.7. The van der Waals surface area contributed by atoms with Crippen molar-refractivity contribution in [2.24, 2.45) is 23.7 Å². The zero-order valence-corrected chi connectivity index (χ0v) is 20.5. The van der Waals surface area contributed by atoms with Gasteiger partial charge in [0.15, 0.2) is 11.6 Å². The van der Waals surface area contributed by atoms with Crippen LogP contribution in [-0.4, -0.2) is 19.3 Å². The van der Waals surface area contributed by atoms with E-state index in [1.165, 1.54) is 38.5 Å². The summed E-state index contributed by atoms with van der Waals surface area (Å²) < 4.78 is 40.6. The van der Waals surface area contributed by atoms with Crippen LogP contribution >= 0.6 is 0 Å². The maximum atomic E-state index is 14.7. The minimum atomic E-state index is -0.815. The quantitative estimate of drug-likeness (QED) is 0.382. The zero-order valence-electron chi connectivity index (χ0n) is 20.5. The molecule has 1 heterocycles. The van der Waals surface area contributed by atoms with Crippen LogP contribution in [-0.2, 0) is 4.74 Å². The molecule has 2 saturated carbocycles.